The Bertz CT molecular complexity index is 653. The summed E-state index contributed by atoms with van der Waals surface area (Å²) in [5, 5.41) is 5.67. The smallest absolute Gasteiger partial charge is 0.319 e. The van der Waals surface area contributed by atoms with Gasteiger partial charge in [-0.2, -0.15) is 0 Å². The summed E-state index contributed by atoms with van der Waals surface area (Å²) >= 11 is 0. The molecule has 2 amide bonds. The maximum absolute atomic E-state index is 11.8. The zero-order valence-electron chi connectivity index (χ0n) is 14.0. The maximum atomic E-state index is 11.8. The van der Waals surface area contributed by atoms with Crippen LogP contribution in [0.4, 0.5) is 10.5 Å². The van der Waals surface area contributed by atoms with Crippen LogP contribution in [0.25, 0.3) is 11.1 Å². The summed E-state index contributed by atoms with van der Waals surface area (Å²) in [5.74, 6) is 1.27. The first-order valence-corrected chi connectivity index (χ1v) is 7.71. The number of fused-ring (bicyclic) bond motifs is 1. The van der Waals surface area contributed by atoms with E-state index in [0.29, 0.717) is 24.0 Å². The molecule has 5 nitrogen and oxygen atoms in total. The molecule has 2 rings (SSSR count). The lowest BCUT2D eigenvalue weighted by Crippen LogP contribution is -2.30. The molecule has 0 aliphatic rings. The van der Waals surface area contributed by atoms with Crippen molar-refractivity contribution < 1.29 is 9.21 Å². The van der Waals surface area contributed by atoms with Crippen LogP contribution < -0.4 is 10.6 Å². The number of amides is 2. The van der Waals surface area contributed by atoms with E-state index < -0.39 is 0 Å². The number of anilines is 1. The van der Waals surface area contributed by atoms with E-state index in [4.69, 9.17) is 4.42 Å². The summed E-state index contributed by atoms with van der Waals surface area (Å²) in [6.45, 7) is 11.1. The van der Waals surface area contributed by atoms with Crippen molar-refractivity contribution in [1.82, 2.24) is 10.3 Å². The van der Waals surface area contributed by atoms with Crippen LogP contribution in [-0.4, -0.2) is 17.6 Å². The number of urea groups is 1. The van der Waals surface area contributed by atoms with E-state index in [9.17, 15) is 4.79 Å². The fourth-order valence-electron chi connectivity index (χ4n) is 1.98. The molecular formula is C17H25N3O2. The molecule has 0 aliphatic heterocycles. The first kappa shape index (κ1) is 16.3. The van der Waals surface area contributed by atoms with E-state index in [1.165, 1.54) is 0 Å². The van der Waals surface area contributed by atoms with Gasteiger partial charge >= 0.3 is 6.03 Å². The van der Waals surface area contributed by atoms with Crippen LogP contribution in [0.2, 0.25) is 0 Å². The van der Waals surface area contributed by atoms with Crippen molar-refractivity contribution in [2.24, 2.45) is 5.92 Å². The largest absolute Gasteiger partial charge is 0.440 e. The van der Waals surface area contributed by atoms with Crippen molar-refractivity contribution >= 4 is 22.8 Å². The fourth-order valence-corrected chi connectivity index (χ4v) is 1.98. The van der Waals surface area contributed by atoms with Gasteiger partial charge in [0.1, 0.15) is 5.52 Å². The summed E-state index contributed by atoms with van der Waals surface area (Å²) in [4.78, 5) is 16.3. The lowest BCUT2D eigenvalue weighted by molar-refractivity contribution is 0.251. The molecule has 0 radical (unpaired) electrons. The molecular weight excluding hydrogens is 278 g/mol. The summed E-state index contributed by atoms with van der Waals surface area (Å²) in [7, 11) is 0. The van der Waals surface area contributed by atoms with Crippen LogP contribution in [0.5, 0.6) is 0 Å². The van der Waals surface area contributed by atoms with E-state index in [0.717, 1.165) is 17.5 Å². The third kappa shape index (κ3) is 4.23. The van der Waals surface area contributed by atoms with Crippen molar-refractivity contribution in [3.8, 4) is 0 Å². The topological polar surface area (TPSA) is 67.2 Å². The van der Waals surface area contributed by atoms with Gasteiger partial charge < -0.3 is 15.1 Å². The molecule has 2 N–H and O–H groups in total. The SMILES string of the molecule is CC(C)CCNC(=O)Nc1ccc2oc(C(C)(C)C)nc2c1. The van der Waals surface area contributed by atoms with Gasteiger partial charge in [0, 0.05) is 17.6 Å². The zero-order chi connectivity index (χ0) is 16.3. The molecule has 0 atom stereocenters. The molecule has 120 valence electrons. The summed E-state index contributed by atoms with van der Waals surface area (Å²) < 4.78 is 5.74. The van der Waals surface area contributed by atoms with Crippen molar-refractivity contribution in [3.05, 3.63) is 24.1 Å². The monoisotopic (exact) mass is 303 g/mol. The number of carbonyl (C=O) groups is 1. The molecule has 22 heavy (non-hydrogen) atoms. The molecule has 1 aromatic carbocycles. The minimum atomic E-state index is -0.195. The number of benzene rings is 1. The molecule has 0 fully saturated rings. The number of hydrogen-bond donors (Lipinski definition) is 2. The number of hydrogen-bond acceptors (Lipinski definition) is 3. The predicted octanol–water partition coefficient (Wildman–Crippen LogP) is 4.29. The number of nitrogens with zero attached hydrogens (tertiary/aromatic N) is 1. The molecule has 0 saturated heterocycles. The lowest BCUT2D eigenvalue weighted by atomic mass is 9.97. The van der Waals surface area contributed by atoms with Crippen molar-refractivity contribution in [3.63, 3.8) is 0 Å². The number of aromatic nitrogens is 1. The minimum Gasteiger partial charge on any atom is -0.440 e. The highest BCUT2D eigenvalue weighted by atomic mass is 16.3. The molecule has 5 heteroatoms. The highest BCUT2D eigenvalue weighted by molar-refractivity contribution is 5.91. The number of rotatable bonds is 4. The van der Waals surface area contributed by atoms with E-state index in [-0.39, 0.29) is 11.4 Å². The van der Waals surface area contributed by atoms with Crippen molar-refractivity contribution in [2.45, 2.75) is 46.5 Å². The minimum absolute atomic E-state index is 0.138. The van der Waals surface area contributed by atoms with Gasteiger partial charge in [0.05, 0.1) is 0 Å². The zero-order valence-corrected chi connectivity index (χ0v) is 14.0. The van der Waals surface area contributed by atoms with Crippen LogP contribution in [0, 0.1) is 5.92 Å². The van der Waals surface area contributed by atoms with Gasteiger partial charge in [-0.25, -0.2) is 9.78 Å². The highest BCUT2D eigenvalue weighted by Crippen LogP contribution is 2.27. The molecule has 0 saturated carbocycles. The second-order valence-corrected chi connectivity index (χ2v) is 7.01. The van der Waals surface area contributed by atoms with Crippen LogP contribution in [-0.2, 0) is 5.41 Å². The molecule has 2 aromatic rings. The maximum Gasteiger partial charge on any atom is 0.319 e. The molecule has 0 aliphatic carbocycles. The fraction of sp³-hybridized carbons (Fsp3) is 0.529. The quantitative estimate of drug-likeness (QED) is 0.885. The average Bonchev–Trinajstić information content (AvgIpc) is 2.81. The first-order chi connectivity index (χ1) is 10.3. The van der Waals surface area contributed by atoms with Crippen LogP contribution in [0.1, 0.15) is 46.9 Å². The predicted molar refractivity (Wildman–Crippen MR) is 89.2 cm³/mol. The third-order valence-corrected chi connectivity index (χ3v) is 3.29. The molecule has 0 spiro atoms. The van der Waals surface area contributed by atoms with Gasteiger partial charge in [-0.05, 0) is 30.5 Å². The molecule has 1 aromatic heterocycles. The van der Waals surface area contributed by atoms with Crippen LogP contribution in [0.15, 0.2) is 22.6 Å². The number of oxazole rings is 1. The molecule has 1 heterocycles. The Labute approximate surface area is 131 Å². The van der Waals surface area contributed by atoms with Gasteiger partial charge in [-0.15, -0.1) is 0 Å². The van der Waals surface area contributed by atoms with Crippen LogP contribution in [0.3, 0.4) is 0 Å². The van der Waals surface area contributed by atoms with E-state index in [1.807, 2.05) is 18.2 Å². The summed E-state index contributed by atoms with van der Waals surface area (Å²) in [5.41, 5.74) is 2.06. The van der Waals surface area contributed by atoms with Gasteiger partial charge in [-0.3, -0.25) is 0 Å². The number of nitrogens with one attached hydrogen (secondary N) is 2. The Morgan fingerprint density at radius 1 is 1.32 bits per heavy atom. The molecule has 0 bridgehead atoms. The summed E-state index contributed by atoms with van der Waals surface area (Å²) in [6, 6.07) is 5.29. The normalized spacial score (nSPS) is 11.9. The van der Waals surface area contributed by atoms with Crippen molar-refractivity contribution in [1.29, 1.82) is 0 Å². The highest BCUT2D eigenvalue weighted by Gasteiger charge is 2.21. The Morgan fingerprint density at radius 3 is 2.68 bits per heavy atom. The molecule has 0 unspecified atom stereocenters. The number of carbonyl (C=O) groups excluding carboxylic acids is 1. The first-order valence-electron chi connectivity index (χ1n) is 7.71. The Hall–Kier alpha value is -2.04. The van der Waals surface area contributed by atoms with Gasteiger partial charge in [0.15, 0.2) is 5.58 Å². The third-order valence-electron chi connectivity index (χ3n) is 3.29. The van der Waals surface area contributed by atoms with E-state index in [2.05, 4.69) is 50.2 Å². The van der Waals surface area contributed by atoms with Crippen molar-refractivity contribution in [2.75, 3.05) is 11.9 Å². The lowest BCUT2D eigenvalue weighted by Gasteiger charge is -2.11. The standard InChI is InChI=1S/C17H25N3O2/c1-11(2)8-9-18-16(21)19-12-6-7-14-13(10-12)20-15(22-14)17(3,4)5/h6-7,10-11H,8-9H2,1-5H3,(H2,18,19,21). The second-order valence-electron chi connectivity index (χ2n) is 7.01. The Kier molecular flexibility index (Phi) is 4.74. The second kappa shape index (κ2) is 6.38. The average molecular weight is 303 g/mol. The van der Waals surface area contributed by atoms with Gasteiger partial charge in [0.2, 0.25) is 5.89 Å². The van der Waals surface area contributed by atoms with Crippen LogP contribution >= 0.6 is 0 Å². The summed E-state index contributed by atoms with van der Waals surface area (Å²) in [6.07, 6.45) is 0.963. The van der Waals surface area contributed by atoms with Gasteiger partial charge in [-0.1, -0.05) is 34.6 Å². The van der Waals surface area contributed by atoms with Gasteiger partial charge in [0.25, 0.3) is 0 Å². The van der Waals surface area contributed by atoms with E-state index >= 15 is 0 Å². The Morgan fingerprint density at radius 2 is 2.05 bits per heavy atom. The van der Waals surface area contributed by atoms with E-state index in [1.54, 1.807) is 0 Å². The Balaban J connectivity index is 2.05.